The van der Waals surface area contributed by atoms with Crippen LogP contribution in [0.1, 0.15) is 0 Å². The molecule has 0 unspecified atom stereocenters. The minimum absolute atomic E-state index is 0.585. The monoisotopic (exact) mass is 750 g/mol. The highest BCUT2D eigenvalue weighted by Crippen LogP contribution is 2.42. The number of hydrogen-bond donors (Lipinski definition) is 1. The quantitative estimate of drug-likeness (QED) is 0.157. The van der Waals surface area contributed by atoms with Gasteiger partial charge < -0.3 is 9.32 Å². The molecule has 0 N–H and O–H groups in total. The van der Waals surface area contributed by atoms with Crippen LogP contribution < -0.4 is 4.90 Å². The molecule has 6 heteroatoms. The van der Waals surface area contributed by atoms with Crippen molar-refractivity contribution in [3.05, 3.63) is 200 Å². The average Bonchev–Trinajstić information content (AvgIpc) is 3.66. The van der Waals surface area contributed by atoms with Gasteiger partial charge in [-0.3, -0.25) is 0 Å². The topological polar surface area (TPSA) is 55.1 Å². The Balaban J connectivity index is 1.12. The van der Waals surface area contributed by atoms with Crippen LogP contribution >= 0.6 is 12.6 Å². The van der Waals surface area contributed by atoms with Crippen molar-refractivity contribution >= 4 is 51.6 Å². The molecule has 0 amide bonds. The lowest BCUT2D eigenvalue weighted by molar-refractivity contribution is 0.669. The van der Waals surface area contributed by atoms with E-state index in [1.54, 1.807) is 0 Å². The van der Waals surface area contributed by atoms with Gasteiger partial charge in [-0.2, -0.15) is 0 Å². The van der Waals surface area contributed by atoms with Gasteiger partial charge in [0.2, 0.25) is 0 Å². The summed E-state index contributed by atoms with van der Waals surface area (Å²) < 4.78 is 6.68. The predicted molar refractivity (Wildman–Crippen MR) is 236 cm³/mol. The number of thiol groups is 1. The number of hydrogen-bond acceptors (Lipinski definition) is 6. The van der Waals surface area contributed by atoms with Gasteiger partial charge in [-0.25, -0.2) is 15.0 Å². The molecule has 0 aliphatic carbocycles. The second-order valence-corrected chi connectivity index (χ2v) is 14.3. The summed E-state index contributed by atoms with van der Waals surface area (Å²) in [6.45, 7) is 0. The van der Waals surface area contributed by atoms with E-state index in [0.717, 1.165) is 77.3 Å². The summed E-state index contributed by atoms with van der Waals surface area (Å²) in [5.41, 5.74) is 11.7. The molecule has 0 fully saturated rings. The average molecular weight is 751 g/mol. The van der Waals surface area contributed by atoms with Gasteiger partial charge in [0, 0.05) is 55.5 Å². The van der Waals surface area contributed by atoms with Crippen LogP contribution in [0, 0.1) is 0 Å². The smallest absolute Gasteiger partial charge is 0.164 e. The van der Waals surface area contributed by atoms with Crippen molar-refractivity contribution in [1.82, 2.24) is 15.0 Å². The van der Waals surface area contributed by atoms with Gasteiger partial charge in [0.05, 0.1) is 0 Å². The molecule has 10 rings (SSSR count). The SMILES string of the molecule is Sc1ccccc1-c1cccc(N(c2ccc(-c3ccccc3)cc2)c2ccc3c(c2)oc2cccc(-c4nc(-c5ccccc5)nc(-c5ccccc5)n4)c23)c1. The largest absolute Gasteiger partial charge is 0.456 e. The third-order valence-electron chi connectivity index (χ3n) is 10.2. The van der Waals surface area contributed by atoms with Crippen molar-refractivity contribution in [2.24, 2.45) is 0 Å². The van der Waals surface area contributed by atoms with Gasteiger partial charge in [-0.05, 0) is 70.8 Å². The van der Waals surface area contributed by atoms with E-state index in [-0.39, 0.29) is 0 Å². The molecular weight excluding hydrogens is 717 g/mol. The Hall–Kier alpha value is -7.28. The van der Waals surface area contributed by atoms with Crippen LogP contribution in [0.3, 0.4) is 0 Å². The van der Waals surface area contributed by atoms with Crippen molar-refractivity contribution in [1.29, 1.82) is 0 Å². The standard InChI is InChI=1S/C51H34N4OS/c57-47-25-11-10-22-42(47)38-20-12-21-40(32-38)55(39-28-26-35(27-29-39)34-14-4-1-5-15-34)41-30-31-43-46(33-41)56-45-24-13-23-44(48(43)45)51-53-49(36-16-6-2-7-17-36)52-50(54-51)37-18-8-3-9-19-37/h1-33,57H. The number of fused-ring (bicyclic) bond motifs is 3. The minimum atomic E-state index is 0.585. The van der Waals surface area contributed by atoms with Crippen molar-refractivity contribution in [2.45, 2.75) is 4.90 Å². The molecule has 8 aromatic carbocycles. The number of aromatic nitrogens is 3. The first-order chi connectivity index (χ1) is 28.2. The molecule has 0 atom stereocenters. The number of anilines is 3. The number of rotatable bonds is 8. The third kappa shape index (κ3) is 6.62. The molecule has 0 radical (unpaired) electrons. The van der Waals surface area contributed by atoms with Crippen LogP contribution in [0.5, 0.6) is 0 Å². The van der Waals surface area contributed by atoms with Gasteiger partial charge >= 0.3 is 0 Å². The highest BCUT2D eigenvalue weighted by molar-refractivity contribution is 7.80. The Labute approximate surface area is 336 Å². The Morgan fingerprint density at radius 3 is 1.58 bits per heavy atom. The number of benzene rings is 8. The Morgan fingerprint density at radius 1 is 0.368 bits per heavy atom. The van der Waals surface area contributed by atoms with Crippen molar-refractivity contribution < 1.29 is 4.42 Å². The molecule has 0 aliphatic heterocycles. The Bertz CT molecular complexity index is 2960. The fourth-order valence-electron chi connectivity index (χ4n) is 7.48. The van der Waals surface area contributed by atoms with Gasteiger partial charge in [0.25, 0.3) is 0 Å². The number of furan rings is 1. The summed E-state index contributed by atoms with van der Waals surface area (Å²) in [5, 5.41) is 1.93. The molecule has 0 saturated carbocycles. The minimum Gasteiger partial charge on any atom is -0.456 e. The van der Waals surface area contributed by atoms with Gasteiger partial charge in [0.15, 0.2) is 17.5 Å². The van der Waals surface area contributed by atoms with Crippen LogP contribution in [0.4, 0.5) is 17.1 Å². The van der Waals surface area contributed by atoms with Crippen molar-refractivity contribution in [3.63, 3.8) is 0 Å². The molecule has 270 valence electrons. The van der Waals surface area contributed by atoms with E-state index in [0.29, 0.717) is 17.5 Å². The normalized spacial score (nSPS) is 11.2. The maximum Gasteiger partial charge on any atom is 0.164 e. The first kappa shape index (κ1) is 34.2. The van der Waals surface area contributed by atoms with E-state index in [1.807, 2.05) is 97.1 Å². The van der Waals surface area contributed by atoms with Gasteiger partial charge in [0.1, 0.15) is 11.2 Å². The van der Waals surface area contributed by atoms with Crippen LogP contribution in [0.25, 0.3) is 78.4 Å². The van der Waals surface area contributed by atoms with E-state index < -0.39 is 0 Å². The maximum atomic E-state index is 6.68. The van der Waals surface area contributed by atoms with Gasteiger partial charge in [-0.15, -0.1) is 12.6 Å². The maximum absolute atomic E-state index is 6.68. The molecule has 0 bridgehead atoms. The van der Waals surface area contributed by atoms with E-state index in [2.05, 4.69) is 108 Å². The highest BCUT2D eigenvalue weighted by Gasteiger charge is 2.20. The second-order valence-electron chi connectivity index (χ2n) is 13.8. The zero-order valence-corrected chi connectivity index (χ0v) is 31.6. The molecule has 10 aromatic rings. The van der Waals surface area contributed by atoms with Crippen molar-refractivity contribution in [2.75, 3.05) is 4.90 Å². The fourth-order valence-corrected chi connectivity index (χ4v) is 7.77. The molecule has 0 spiro atoms. The fraction of sp³-hybridized carbons (Fsp3) is 0. The van der Waals surface area contributed by atoms with Crippen LogP contribution in [0.2, 0.25) is 0 Å². The van der Waals surface area contributed by atoms with E-state index in [1.165, 1.54) is 5.56 Å². The second kappa shape index (κ2) is 14.8. The van der Waals surface area contributed by atoms with E-state index in [4.69, 9.17) is 32.0 Å². The zero-order chi connectivity index (χ0) is 38.1. The summed E-state index contributed by atoms with van der Waals surface area (Å²) in [4.78, 5) is 18.2. The molecule has 2 heterocycles. The third-order valence-corrected chi connectivity index (χ3v) is 10.6. The summed E-state index contributed by atoms with van der Waals surface area (Å²) in [6, 6.07) is 68.6. The Morgan fingerprint density at radius 2 is 0.895 bits per heavy atom. The molecule has 57 heavy (non-hydrogen) atoms. The summed E-state index contributed by atoms with van der Waals surface area (Å²) in [5.74, 6) is 1.81. The van der Waals surface area contributed by atoms with E-state index in [9.17, 15) is 0 Å². The predicted octanol–water partition coefficient (Wildman–Crippen LogP) is 13.9. The van der Waals surface area contributed by atoms with Crippen LogP contribution in [0.15, 0.2) is 210 Å². The highest BCUT2D eigenvalue weighted by atomic mass is 32.1. The molecule has 0 saturated heterocycles. The zero-order valence-electron chi connectivity index (χ0n) is 30.7. The lowest BCUT2D eigenvalue weighted by atomic mass is 10.0. The van der Waals surface area contributed by atoms with Crippen LogP contribution in [-0.2, 0) is 0 Å². The first-order valence-electron chi connectivity index (χ1n) is 18.8. The number of nitrogens with zero attached hydrogens (tertiary/aromatic N) is 4. The summed E-state index contributed by atoms with van der Waals surface area (Å²) in [6.07, 6.45) is 0. The summed E-state index contributed by atoms with van der Waals surface area (Å²) in [7, 11) is 0. The lowest BCUT2D eigenvalue weighted by Crippen LogP contribution is -2.10. The Kier molecular flexibility index (Phi) is 8.86. The lowest BCUT2D eigenvalue weighted by Gasteiger charge is -2.26. The van der Waals surface area contributed by atoms with Crippen LogP contribution in [-0.4, -0.2) is 15.0 Å². The van der Waals surface area contributed by atoms with Gasteiger partial charge in [-0.1, -0.05) is 146 Å². The summed E-state index contributed by atoms with van der Waals surface area (Å²) >= 11 is 4.79. The molecule has 5 nitrogen and oxygen atoms in total. The molecular formula is C51H34N4OS. The molecule has 2 aromatic heterocycles. The first-order valence-corrected chi connectivity index (χ1v) is 19.3. The van der Waals surface area contributed by atoms with Crippen molar-refractivity contribution in [3.8, 4) is 56.4 Å². The molecule has 0 aliphatic rings. The van der Waals surface area contributed by atoms with E-state index >= 15 is 0 Å².